The van der Waals surface area contributed by atoms with Crippen LogP contribution in [0.3, 0.4) is 0 Å². The first-order valence-corrected chi connectivity index (χ1v) is 6.67. The molecule has 0 radical (unpaired) electrons. The summed E-state index contributed by atoms with van der Waals surface area (Å²) in [6.45, 7) is 3.93. The van der Waals surface area contributed by atoms with Gasteiger partial charge in [0.05, 0.1) is 5.56 Å². The first-order chi connectivity index (χ1) is 9.25. The molecule has 0 fully saturated rings. The van der Waals surface area contributed by atoms with E-state index in [2.05, 4.69) is 4.98 Å². The van der Waals surface area contributed by atoms with Crippen LogP contribution in [0.5, 0.6) is 0 Å². The monoisotopic (exact) mass is 298 g/mol. The number of hydrogen-bond donors (Lipinski definition) is 1. The van der Waals surface area contributed by atoms with Crippen molar-refractivity contribution in [3.63, 3.8) is 0 Å². The van der Waals surface area contributed by atoms with Gasteiger partial charge >= 0.3 is 6.18 Å². The van der Waals surface area contributed by atoms with Crippen molar-refractivity contribution < 1.29 is 13.2 Å². The van der Waals surface area contributed by atoms with E-state index >= 15 is 0 Å². The van der Waals surface area contributed by atoms with Crippen molar-refractivity contribution in [2.24, 2.45) is 0 Å². The third-order valence-corrected chi connectivity index (χ3v) is 3.76. The van der Waals surface area contributed by atoms with E-state index in [1.54, 1.807) is 0 Å². The lowest BCUT2D eigenvalue weighted by Gasteiger charge is -2.10. The van der Waals surface area contributed by atoms with Crippen LogP contribution < -0.4 is 5.73 Å². The number of pyridine rings is 1. The molecule has 0 aliphatic rings. The molecule has 1 heterocycles. The predicted octanol–water partition coefficient (Wildman–Crippen LogP) is 4.45. The second-order valence-corrected chi connectivity index (χ2v) is 5.56. The molecule has 0 aliphatic heterocycles. The highest BCUT2D eigenvalue weighted by atomic mass is 32.2. The molecule has 0 bridgehead atoms. The molecule has 0 spiro atoms. The Kier molecular flexibility index (Phi) is 3.94. The van der Waals surface area contributed by atoms with E-state index in [-0.39, 0.29) is 10.8 Å². The normalized spacial score (nSPS) is 11.7. The summed E-state index contributed by atoms with van der Waals surface area (Å²) in [5.74, 6) is -0.133. The molecule has 2 aromatic rings. The van der Waals surface area contributed by atoms with Crippen molar-refractivity contribution in [2.75, 3.05) is 5.73 Å². The second-order valence-electron chi connectivity index (χ2n) is 4.46. The molecule has 0 amide bonds. The lowest BCUT2D eigenvalue weighted by atomic mass is 10.1. The van der Waals surface area contributed by atoms with Gasteiger partial charge in [-0.15, -0.1) is 0 Å². The highest BCUT2D eigenvalue weighted by Gasteiger charge is 2.31. The molecule has 0 unspecified atom stereocenters. The number of alkyl halides is 3. The standard InChI is InChI=1S/C14H13F3N2S/c1-8-3-4-11(5-9(8)2)20-13-7-10(14(15,16)17)6-12(18)19-13/h3-7H,1-2H3,(H2,18,19). The van der Waals surface area contributed by atoms with Crippen molar-refractivity contribution in [2.45, 2.75) is 29.9 Å². The zero-order chi connectivity index (χ0) is 14.9. The van der Waals surface area contributed by atoms with Gasteiger partial charge in [-0.1, -0.05) is 17.8 Å². The van der Waals surface area contributed by atoms with Crippen LogP contribution in [0.4, 0.5) is 19.0 Å². The molecule has 1 aromatic heterocycles. The van der Waals surface area contributed by atoms with E-state index in [1.165, 1.54) is 0 Å². The van der Waals surface area contributed by atoms with Crippen molar-refractivity contribution in [3.8, 4) is 0 Å². The number of nitrogens with two attached hydrogens (primary N) is 1. The fourth-order valence-corrected chi connectivity index (χ4v) is 2.59. The summed E-state index contributed by atoms with van der Waals surface area (Å²) in [6.07, 6.45) is -4.42. The minimum Gasteiger partial charge on any atom is -0.384 e. The molecule has 2 nitrogen and oxygen atoms in total. The highest BCUT2D eigenvalue weighted by molar-refractivity contribution is 7.99. The number of rotatable bonds is 2. The van der Waals surface area contributed by atoms with E-state index in [4.69, 9.17) is 5.73 Å². The summed E-state index contributed by atoms with van der Waals surface area (Å²) in [5, 5.41) is 0.237. The van der Waals surface area contributed by atoms with E-state index in [1.807, 2.05) is 32.0 Å². The van der Waals surface area contributed by atoms with Gasteiger partial charge in [0.2, 0.25) is 0 Å². The number of benzene rings is 1. The maximum absolute atomic E-state index is 12.7. The summed E-state index contributed by atoms with van der Waals surface area (Å²) in [7, 11) is 0. The molecule has 1 aromatic carbocycles. The maximum Gasteiger partial charge on any atom is 0.416 e. The summed E-state index contributed by atoms with van der Waals surface area (Å²) >= 11 is 1.16. The van der Waals surface area contributed by atoms with E-state index in [0.29, 0.717) is 0 Å². The molecule has 0 saturated carbocycles. The topological polar surface area (TPSA) is 38.9 Å². The van der Waals surface area contributed by atoms with Crippen LogP contribution >= 0.6 is 11.8 Å². The van der Waals surface area contributed by atoms with Gasteiger partial charge in [0, 0.05) is 4.90 Å². The van der Waals surface area contributed by atoms with Gasteiger partial charge in [-0.25, -0.2) is 4.98 Å². The zero-order valence-corrected chi connectivity index (χ0v) is 11.8. The third-order valence-electron chi connectivity index (χ3n) is 2.85. The molecular weight excluding hydrogens is 285 g/mol. The van der Waals surface area contributed by atoms with Gasteiger partial charge in [0.25, 0.3) is 0 Å². The third kappa shape index (κ3) is 3.45. The Hall–Kier alpha value is -1.69. The van der Waals surface area contributed by atoms with Crippen LogP contribution in [0.25, 0.3) is 0 Å². The molecule has 0 atom stereocenters. The van der Waals surface area contributed by atoms with E-state index in [0.717, 1.165) is 39.9 Å². The number of nitrogens with zero attached hydrogens (tertiary/aromatic N) is 1. The number of aromatic nitrogens is 1. The fourth-order valence-electron chi connectivity index (χ4n) is 1.64. The first-order valence-electron chi connectivity index (χ1n) is 5.85. The van der Waals surface area contributed by atoms with Crippen molar-refractivity contribution in [1.29, 1.82) is 0 Å². The molecule has 106 valence electrons. The Morgan fingerprint density at radius 3 is 2.35 bits per heavy atom. The molecule has 20 heavy (non-hydrogen) atoms. The average Bonchev–Trinajstić information content (AvgIpc) is 2.32. The predicted molar refractivity (Wildman–Crippen MR) is 73.7 cm³/mol. The first kappa shape index (κ1) is 14.7. The maximum atomic E-state index is 12.7. The molecule has 2 rings (SSSR count). The van der Waals surface area contributed by atoms with Crippen molar-refractivity contribution >= 4 is 17.6 Å². The Morgan fingerprint density at radius 1 is 1.05 bits per heavy atom. The zero-order valence-electron chi connectivity index (χ0n) is 11.0. The minimum absolute atomic E-state index is 0.133. The van der Waals surface area contributed by atoms with E-state index < -0.39 is 11.7 Å². The van der Waals surface area contributed by atoms with Crippen LogP contribution in [0.2, 0.25) is 0 Å². The number of halogens is 3. The Labute approximate surface area is 119 Å². The number of aryl methyl sites for hydroxylation is 2. The van der Waals surface area contributed by atoms with Gasteiger partial charge in [-0.05, 0) is 49.2 Å². The molecule has 2 N–H and O–H groups in total. The average molecular weight is 298 g/mol. The van der Waals surface area contributed by atoms with Crippen LogP contribution in [0.15, 0.2) is 40.3 Å². The number of nitrogen functional groups attached to an aromatic ring is 1. The minimum atomic E-state index is -4.42. The second kappa shape index (κ2) is 5.36. The smallest absolute Gasteiger partial charge is 0.384 e. The summed E-state index contributed by atoms with van der Waals surface area (Å²) in [4.78, 5) is 4.77. The molecule has 0 saturated heterocycles. The SMILES string of the molecule is Cc1ccc(Sc2cc(C(F)(F)F)cc(N)n2)cc1C. The van der Waals surface area contributed by atoms with Gasteiger partial charge in [-0.3, -0.25) is 0 Å². The van der Waals surface area contributed by atoms with E-state index in [9.17, 15) is 13.2 Å². The largest absolute Gasteiger partial charge is 0.416 e. The number of hydrogen-bond acceptors (Lipinski definition) is 3. The lowest BCUT2D eigenvalue weighted by Crippen LogP contribution is -2.07. The quantitative estimate of drug-likeness (QED) is 0.890. The summed E-state index contributed by atoms with van der Waals surface area (Å²) in [6, 6.07) is 7.54. The highest BCUT2D eigenvalue weighted by Crippen LogP contribution is 2.35. The summed E-state index contributed by atoms with van der Waals surface area (Å²) in [5.41, 5.74) is 6.87. The lowest BCUT2D eigenvalue weighted by molar-refractivity contribution is -0.137. The van der Waals surface area contributed by atoms with Crippen LogP contribution in [-0.4, -0.2) is 4.98 Å². The van der Waals surface area contributed by atoms with Crippen LogP contribution in [0, 0.1) is 13.8 Å². The summed E-state index contributed by atoms with van der Waals surface area (Å²) < 4.78 is 38.1. The van der Waals surface area contributed by atoms with Crippen LogP contribution in [-0.2, 0) is 6.18 Å². The molecule has 6 heteroatoms. The fraction of sp³-hybridized carbons (Fsp3) is 0.214. The van der Waals surface area contributed by atoms with Crippen LogP contribution in [0.1, 0.15) is 16.7 Å². The van der Waals surface area contributed by atoms with Gasteiger partial charge in [0.1, 0.15) is 10.8 Å². The van der Waals surface area contributed by atoms with Gasteiger partial charge in [0.15, 0.2) is 0 Å². The Bertz CT molecular complexity index is 639. The van der Waals surface area contributed by atoms with Crippen molar-refractivity contribution in [3.05, 3.63) is 47.0 Å². The van der Waals surface area contributed by atoms with Crippen molar-refractivity contribution in [1.82, 2.24) is 4.98 Å². The van der Waals surface area contributed by atoms with Gasteiger partial charge < -0.3 is 5.73 Å². The molecular formula is C14H13F3N2S. The Morgan fingerprint density at radius 2 is 1.75 bits per heavy atom. The van der Waals surface area contributed by atoms with Gasteiger partial charge in [-0.2, -0.15) is 13.2 Å². The Balaban J connectivity index is 2.33. The number of anilines is 1. The molecule has 0 aliphatic carbocycles.